The molecule has 0 fully saturated rings. The summed E-state index contributed by atoms with van der Waals surface area (Å²) in [7, 11) is -3.76. The highest BCUT2D eigenvalue weighted by Gasteiger charge is 2.20. The normalized spacial score (nSPS) is 11.5. The maximum absolute atomic E-state index is 12.3. The van der Waals surface area contributed by atoms with Crippen LogP contribution in [0.15, 0.2) is 27.7 Å². The summed E-state index contributed by atoms with van der Waals surface area (Å²) in [6.45, 7) is 5.14. The van der Waals surface area contributed by atoms with Crippen molar-refractivity contribution in [2.45, 2.75) is 25.7 Å². The van der Waals surface area contributed by atoms with E-state index in [1.54, 1.807) is 32.9 Å². The highest BCUT2D eigenvalue weighted by Crippen LogP contribution is 2.24. The van der Waals surface area contributed by atoms with Gasteiger partial charge in [-0.15, -0.1) is 0 Å². The minimum Gasteiger partial charge on any atom is -0.431 e. The van der Waals surface area contributed by atoms with Crippen LogP contribution in [0.3, 0.4) is 0 Å². The third kappa shape index (κ3) is 2.70. The topological polar surface area (TPSA) is 98.2 Å². The summed E-state index contributed by atoms with van der Waals surface area (Å²) in [6, 6.07) is 3.23. The third-order valence-electron chi connectivity index (χ3n) is 2.67. The first kappa shape index (κ1) is 13.4. The number of nitrogens with zero attached hydrogens (tertiary/aromatic N) is 1. The number of nitrogens with one attached hydrogen (secondary N) is 1. The van der Waals surface area contributed by atoms with Crippen LogP contribution in [0.4, 0.5) is 11.7 Å². The van der Waals surface area contributed by atoms with Crippen molar-refractivity contribution in [3.63, 3.8) is 0 Å². The number of hydrogen-bond donors (Lipinski definition) is 2. The van der Waals surface area contributed by atoms with Gasteiger partial charge < -0.3 is 10.2 Å². The van der Waals surface area contributed by atoms with Crippen molar-refractivity contribution in [2.24, 2.45) is 0 Å². The van der Waals surface area contributed by atoms with Crippen molar-refractivity contribution in [3.05, 3.63) is 35.2 Å². The van der Waals surface area contributed by atoms with Crippen molar-refractivity contribution in [3.8, 4) is 0 Å². The van der Waals surface area contributed by atoms with Crippen LogP contribution in [-0.4, -0.2) is 13.4 Å². The molecule has 0 atom stereocenters. The van der Waals surface area contributed by atoms with Crippen LogP contribution in [0.2, 0.25) is 0 Å². The molecule has 102 valence electrons. The van der Waals surface area contributed by atoms with Gasteiger partial charge in [0, 0.05) is 5.69 Å². The van der Waals surface area contributed by atoms with E-state index in [0.29, 0.717) is 16.9 Å². The van der Waals surface area contributed by atoms with E-state index in [9.17, 15) is 8.42 Å². The summed E-state index contributed by atoms with van der Waals surface area (Å²) in [6.07, 6.45) is 1.37. The Labute approximate surface area is 111 Å². The maximum Gasteiger partial charge on any atom is 0.309 e. The molecule has 0 saturated carbocycles. The van der Waals surface area contributed by atoms with Gasteiger partial charge in [-0.1, -0.05) is 0 Å². The smallest absolute Gasteiger partial charge is 0.309 e. The number of hydrogen-bond acceptors (Lipinski definition) is 5. The molecule has 1 aromatic carbocycles. The Morgan fingerprint density at radius 3 is 2.53 bits per heavy atom. The molecule has 0 saturated heterocycles. The van der Waals surface area contributed by atoms with Crippen LogP contribution in [0.25, 0.3) is 0 Å². The van der Waals surface area contributed by atoms with Gasteiger partial charge in [-0.05, 0) is 44.0 Å². The molecule has 1 heterocycles. The highest BCUT2D eigenvalue weighted by molar-refractivity contribution is 7.92. The van der Waals surface area contributed by atoms with Gasteiger partial charge in [-0.25, -0.2) is 13.1 Å². The average molecular weight is 281 g/mol. The van der Waals surface area contributed by atoms with E-state index < -0.39 is 10.0 Å². The summed E-state index contributed by atoms with van der Waals surface area (Å²) < 4.78 is 31.8. The molecular formula is C12H15N3O3S. The summed E-state index contributed by atoms with van der Waals surface area (Å²) in [5.41, 5.74) is 8.09. The Balaban J connectivity index is 2.45. The number of nitrogens with two attached hydrogens (primary N) is 1. The molecule has 3 N–H and O–H groups in total. The first-order valence-electron chi connectivity index (χ1n) is 5.61. The van der Waals surface area contributed by atoms with E-state index >= 15 is 0 Å². The first-order valence-corrected chi connectivity index (χ1v) is 7.09. The van der Waals surface area contributed by atoms with Gasteiger partial charge >= 0.3 is 6.01 Å². The van der Waals surface area contributed by atoms with Crippen LogP contribution in [0.5, 0.6) is 0 Å². The average Bonchev–Trinajstić information content (AvgIpc) is 2.68. The maximum atomic E-state index is 12.3. The van der Waals surface area contributed by atoms with Gasteiger partial charge in [0.2, 0.25) is 0 Å². The Hall–Kier alpha value is -2.02. The molecule has 2 aromatic rings. The molecule has 2 rings (SSSR count). The zero-order valence-corrected chi connectivity index (χ0v) is 11.7. The van der Waals surface area contributed by atoms with Gasteiger partial charge in [0.25, 0.3) is 10.0 Å². The van der Waals surface area contributed by atoms with E-state index in [0.717, 1.165) is 5.56 Å². The summed E-state index contributed by atoms with van der Waals surface area (Å²) in [4.78, 5) is 4.03. The molecule has 0 radical (unpaired) electrons. The van der Waals surface area contributed by atoms with Crippen LogP contribution in [0.1, 0.15) is 16.8 Å². The third-order valence-corrected chi connectivity index (χ3v) is 4.12. The van der Waals surface area contributed by atoms with Gasteiger partial charge in [-0.2, -0.15) is 4.98 Å². The molecule has 0 bridgehead atoms. The lowest BCUT2D eigenvalue weighted by Gasteiger charge is -2.11. The molecule has 6 nitrogen and oxygen atoms in total. The lowest BCUT2D eigenvalue weighted by atomic mass is 10.1. The molecule has 0 aliphatic rings. The Morgan fingerprint density at radius 2 is 1.95 bits per heavy atom. The largest absolute Gasteiger partial charge is 0.431 e. The molecule has 0 amide bonds. The molecule has 7 heteroatoms. The molecular weight excluding hydrogens is 266 g/mol. The summed E-state index contributed by atoms with van der Waals surface area (Å²) in [5, 5.41) is 0. The minimum atomic E-state index is -3.76. The number of rotatable bonds is 3. The Kier molecular flexibility index (Phi) is 3.23. The SMILES string of the molecule is Cc1cc(N)c(C)c(S(=O)(=O)Nc2nc(C)co2)c1. The molecule has 0 unspecified atom stereocenters. The molecule has 19 heavy (non-hydrogen) atoms. The zero-order valence-electron chi connectivity index (χ0n) is 10.9. The van der Waals surface area contributed by atoms with E-state index in [1.807, 2.05) is 0 Å². The fourth-order valence-electron chi connectivity index (χ4n) is 1.70. The number of aromatic nitrogens is 1. The highest BCUT2D eigenvalue weighted by atomic mass is 32.2. The lowest BCUT2D eigenvalue weighted by molar-refractivity contribution is 0.569. The van der Waals surface area contributed by atoms with Crippen molar-refractivity contribution < 1.29 is 12.8 Å². The lowest BCUT2D eigenvalue weighted by Crippen LogP contribution is -2.15. The minimum absolute atomic E-state index is 0.0584. The fourth-order valence-corrected chi connectivity index (χ4v) is 3.00. The van der Waals surface area contributed by atoms with E-state index in [1.165, 1.54) is 6.26 Å². The van der Waals surface area contributed by atoms with Crippen molar-refractivity contribution in [2.75, 3.05) is 10.5 Å². The van der Waals surface area contributed by atoms with Crippen LogP contribution in [-0.2, 0) is 10.0 Å². The number of sulfonamides is 1. The second-order valence-corrected chi connectivity index (χ2v) is 6.03. The van der Waals surface area contributed by atoms with Gasteiger partial charge in [-0.3, -0.25) is 0 Å². The van der Waals surface area contributed by atoms with Crippen molar-refractivity contribution in [1.29, 1.82) is 0 Å². The fraction of sp³-hybridized carbons (Fsp3) is 0.250. The Morgan fingerprint density at radius 1 is 1.26 bits per heavy atom. The van der Waals surface area contributed by atoms with Crippen molar-refractivity contribution in [1.82, 2.24) is 4.98 Å². The van der Waals surface area contributed by atoms with Gasteiger partial charge in [0.15, 0.2) is 0 Å². The number of aryl methyl sites for hydroxylation is 2. The van der Waals surface area contributed by atoms with Crippen molar-refractivity contribution >= 4 is 21.7 Å². The number of nitrogen functional groups attached to an aromatic ring is 1. The Bertz CT molecular complexity index is 720. The summed E-state index contributed by atoms with van der Waals surface area (Å²) >= 11 is 0. The first-order chi connectivity index (χ1) is 8.79. The van der Waals surface area contributed by atoms with Crippen LogP contribution < -0.4 is 10.5 Å². The van der Waals surface area contributed by atoms with E-state index in [-0.39, 0.29) is 10.9 Å². The number of anilines is 2. The standard InChI is InChI=1S/C12H15N3O3S/c1-7-4-10(13)9(3)11(5-7)19(16,17)15-12-14-8(2)6-18-12/h4-6H,13H2,1-3H3,(H,14,15). The molecule has 0 spiro atoms. The second kappa shape index (κ2) is 4.58. The van der Waals surface area contributed by atoms with Crippen LogP contribution in [0, 0.1) is 20.8 Å². The zero-order chi connectivity index (χ0) is 14.2. The van der Waals surface area contributed by atoms with Gasteiger partial charge in [0.1, 0.15) is 6.26 Å². The summed E-state index contributed by atoms with van der Waals surface area (Å²) in [5.74, 6) is 0. The van der Waals surface area contributed by atoms with E-state index in [4.69, 9.17) is 10.2 Å². The predicted octanol–water partition coefficient (Wildman–Crippen LogP) is 1.98. The van der Waals surface area contributed by atoms with Gasteiger partial charge in [0.05, 0.1) is 10.6 Å². The molecule has 1 aromatic heterocycles. The van der Waals surface area contributed by atoms with E-state index in [2.05, 4.69) is 9.71 Å². The second-order valence-electron chi connectivity index (χ2n) is 4.38. The number of oxazole rings is 1. The quantitative estimate of drug-likeness (QED) is 0.838. The monoisotopic (exact) mass is 281 g/mol. The molecule has 0 aliphatic heterocycles. The van der Waals surface area contributed by atoms with Crippen LogP contribution >= 0.6 is 0 Å². The number of benzene rings is 1. The predicted molar refractivity (Wildman–Crippen MR) is 72.4 cm³/mol. The molecule has 0 aliphatic carbocycles.